The maximum Gasteiger partial charge on any atom is 0.573 e. The molecule has 4 nitrogen and oxygen atoms in total. The Hall–Kier alpha value is -3.87. The number of aliphatic hydroxyl groups excluding tert-OH is 1. The molecule has 37 heavy (non-hydrogen) atoms. The van der Waals surface area contributed by atoms with Crippen LogP contribution in [0.5, 0.6) is 23.0 Å². The zero-order valence-corrected chi connectivity index (χ0v) is 20.6. The number of halogens is 3. The Balaban J connectivity index is 1.59. The first-order valence-electron chi connectivity index (χ1n) is 12.3. The van der Waals surface area contributed by atoms with Crippen LogP contribution < -0.4 is 14.2 Å². The number of alkyl halides is 3. The van der Waals surface area contributed by atoms with E-state index >= 15 is 0 Å². The first kappa shape index (κ1) is 26.2. The van der Waals surface area contributed by atoms with Gasteiger partial charge in [-0.3, -0.25) is 0 Å². The Kier molecular flexibility index (Phi) is 8.43. The second kappa shape index (κ2) is 11.9. The fraction of sp³-hybridized carbons (Fsp3) is 0.267. The molecular weight excluding hydrogens is 481 g/mol. The molecule has 0 saturated heterocycles. The Morgan fingerprint density at radius 1 is 0.892 bits per heavy atom. The van der Waals surface area contributed by atoms with E-state index in [2.05, 4.69) is 11.7 Å². The number of benzene rings is 3. The van der Waals surface area contributed by atoms with Crippen molar-refractivity contribution in [2.24, 2.45) is 0 Å². The molecule has 0 unspecified atom stereocenters. The van der Waals surface area contributed by atoms with Crippen molar-refractivity contribution in [3.8, 4) is 34.1 Å². The number of hydrogen-bond donors (Lipinski definition) is 1. The average molecular weight is 511 g/mol. The minimum Gasteiger partial charge on any atom is -0.508 e. The maximum atomic E-state index is 12.5. The third-order valence-electron chi connectivity index (χ3n) is 5.99. The van der Waals surface area contributed by atoms with Gasteiger partial charge in [-0.15, -0.1) is 13.2 Å². The van der Waals surface area contributed by atoms with E-state index in [0.29, 0.717) is 23.7 Å². The zero-order valence-electron chi connectivity index (χ0n) is 20.6. The summed E-state index contributed by atoms with van der Waals surface area (Å²) in [6, 6.07) is 18.5. The highest BCUT2D eigenvalue weighted by molar-refractivity contribution is 5.71. The van der Waals surface area contributed by atoms with Gasteiger partial charge in [0.1, 0.15) is 28.8 Å². The third kappa shape index (κ3) is 7.56. The fourth-order valence-electron chi connectivity index (χ4n) is 3.75. The molecule has 0 amide bonds. The van der Waals surface area contributed by atoms with Crippen molar-refractivity contribution in [2.75, 3.05) is 6.61 Å². The molecule has 0 aliphatic heterocycles. The molecule has 0 aromatic heterocycles. The summed E-state index contributed by atoms with van der Waals surface area (Å²) in [6.07, 6.45) is 3.64. The van der Waals surface area contributed by atoms with E-state index in [1.54, 1.807) is 24.3 Å². The van der Waals surface area contributed by atoms with Crippen molar-refractivity contribution in [1.82, 2.24) is 0 Å². The highest BCUT2D eigenvalue weighted by atomic mass is 19.4. The van der Waals surface area contributed by atoms with E-state index in [0.717, 1.165) is 54.6 Å². The van der Waals surface area contributed by atoms with E-state index in [1.807, 2.05) is 42.5 Å². The highest BCUT2D eigenvalue weighted by Gasteiger charge is 2.31. The molecule has 0 atom stereocenters. The van der Waals surface area contributed by atoms with Gasteiger partial charge in [-0.2, -0.15) is 0 Å². The monoisotopic (exact) mass is 510 g/mol. The Bertz CT molecular complexity index is 1240. The minimum atomic E-state index is -4.74. The van der Waals surface area contributed by atoms with Gasteiger partial charge in [0.15, 0.2) is 0 Å². The number of allylic oxidation sites excluding steroid dienone is 2. The standard InChI is InChI=1S/C30H29F3O4/c1-2-3-19-35-25-14-16-26(17-15-25)36-29-20-24(21-9-12-27(13-10-21)37-30(31,32)33)8-7-23(29)11-18-28(34)22-5-4-6-22/h7-18,20,34H,2-6,19H2,1H3/b18-11+. The van der Waals surface area contributed by atoms with E-state index in [9.17, 15) is 18.3 Å². The van der Waals surface area contributed by atoms with Crippen LogP contribution >= 0.6 is 0 Å². The molecule has 1 aliphatic carbocycles. The summed E-state index contributed by atoms with van der Waals surface area (Å²) in [5.74, 6) is 1.89. The van der Waals surface area contributed by atoms with Crippen LogP contribution in [-0.2, 0) is 0 Å². The lowest BCUT2D eigenvalue weighted by Crippen LogP contribution is -2.16. The summed E-state index contributed by atoms with van der Waals surface area (Å²) in [5.41, 5.74) is 3.24. The fourth-order valence-corrected chi connectivity index (χ4v) is 3.75. The molecule has 1 aliphatic rings. The number of aliphatic hydroxyl groups is 1. The molecule has 0 spiro atoms. The molecule has 7 heteroatoms. The van der Waals surface area contributed by atoms with Crippen LogP contribution in [0.1, 0.15) is 44.6 Å². The van der Waals surface area contributed by atoms with Crippen molar-refractivity contribution >= 4 is 6.08 Å². The van der Waals surface area contributed by atoms with Gasteiger partial charge in [0, 0.05) is 5.56 Å². The van der Waals surface area contributed by atoms with Gasteiger partial charge < -0.3 is 19.3 Å². The van der Waals surface area contributed by atoms with Gasteiger partial charge in [-0.25, -0.2) is 0 Å². The largest absolute Gasteiger partial charge is 0.573 e. The first-order chi connectivity index (χ1) is 17.8. The van der Waals surface area contributed by atoms with Crippen molar-refractivity contribution in [2.45, 2.75) is 45.4 Å². The predicted molar refractivity (Wildman–Crippen MR) is 138 cm³/mol. The van der Waals surface area contributed by atoms with Crippen molar-refractivity contribution < 1.29 is 32.5 Å². The van der Waals surface area contributed by atoms with E-state index in [1.165, 1.54) is 12.1 Å². The molecule has 4 rings (SSSR count). The lowest BCUT2D eigenvalue weighted by molar-refractivity contribution is -0.274. The summed E-state index contributed by atoms with van der Waals surface area (Å²) >= 11 is 0. The van der Waals surface area contributed by atoms with Crippen molar-refractivity contribution in [3.05, 3.63) is 89.7 Å². The average Bonchev–Trinajstić information content (AvgIpc) is 2.83. The summed E-state index contributed by atoms with van der Waals surface area (Å²) in [4.78, 5) is 0. The highest BCUT2D eigenvalue weighted by Crippen LogP contribution is 2.34. The topological polar surface area (TPSA) is 47.9 Å². The molecule has 0 radical (unpaired) electrons. The lowest BCUT2D eigenvalue weighted by atomic mass is 9.91. The van der Waals surface area contributed by atoms with E-state index in [4.69, 9.17) is 9.47 Å². The second-order valence-electron chi connectivity index (χ2n) is 8.78. The number of hydrogen-bond acceptors (Lipinski definition) is 4. The van der Waals surface area contributed by atoms with Gasteiger partial charge in [-0.1, -0.05) is 37.6 Å². The van der Waals surface area contributed by atoms with Gasteiger partial charge in [0.2, 0.25) is 0 Å². The van der Waals surface area contributed by atoms with Crippen LogP contribution in [0.25, 0.3) is 17.2 Å². The van der Waals surface area contributed by atoms with Crippen LogP contribution in [0.3, 0.4) is 0 Å². The molecule has 194 valence electrons. The third-order valence-corrected chi connectivity index (χ3v) is 5.99. The first-order valence-corrected chi connectivity index (χ1v) is 12.3. The van der Waals surface area contributed by atoms with Gasteiger partial charge in [-0.05, 0) is 97.0 Å². The quantitative estimate of drug-likeness (QED) is 0.218. The van der Waals surface area contributed by atoms with Gasteiger partial charge in [0.25, 0.3) is 0 Å². The van der Waals surface area contributed by atoms with Crippen molar-refractivity contribution in [1.29, 1.82) is 0 Å². The Morgan fingerprint density at radius 2 is 1.54 bits per heavy atom. The molecular formula is C30H29F3O4. The zero-order chi connectivity index (χ0) is 26.3. The molecule has 0 heterocycles. The van der Waals surface area contributed by atoms with E-state index in [-0.39, 0.29) is 11.5 Å². The predicted octanol–water partition coefficient (Wildman–Crippen LogP) is 9.23. The molecule has 3 aromatic rings. The van der Waals surface area contributed by atoms with Crippen LogP contribution in [0.4, 0.5) is 13.2 Å². The summed E-state index contributed by atoms with van der Waals surface area (Å²) in [7, 11) is 0. The number of rotatable bonds is 10. The summed E-state index contributed by atoms with van der Waals surface area (Å²) < 4.78 is 53.4. The van der Waals surface area contributed by atoms with Gasteiger partial charge >= 0.3 is 6.36 Å². The Labute approximate surface area is 214 Å². The molecule has 1 saturated carbocycles. The Morgan fingerprint density at radius 3 is 2.16 bits per heavy atom. The van der Waals surface area contributed by atoms with E-state index < -0.39 is 6.36 Å². The molecule has 1 N–H and O–H groups in total. The molecule has 1 fully saturated rings. The van der Waals surface area contributed by atoms with Crippen LogP contribution in [0.2, 0.25) is 0 Å². The second-order valence-corrected chi connectivity index (χ2v) is 8.78. The van der Waals surface area contributed by atoms with Crippen molar-refractivity contribution in [3.63, 3.8) is 0 Å². The van der Waals surface area contributed by atoms with Crippen LogP contribution in [-0.4, -0.2) is 18.1 Å². The lowest BCUT2D eigenvalue weighted by Gasteiger charge is -2.17. The SMILES string of the molecule is CCCCOc1ccc(Oc2cc(-c3ccc(OC(F)(F)F)cc3)ccc2/C=C/C(O)=C2CCC2)cc1. The maximum absolute atomic E-state index is 12.5. The number of ether oxygens (including phenoxy) is 3. The van der Waals surface area contributed by atoms with Crippen LogP contribution in [0, 0.1) is 0 Å². The van der Waals surface area contributed by atoms with Crippen LogP contribution in [0.15, 0.2) is 84.1 Å². The molecule has 3 aromatic carbocycles. The molecule has 0 bridgehead atoms. The normalized spacial score (nSPS) is 13.4. The summed E-state index contributed by atoms with van der Waals surface area (Å²) in [5, 5.41) is 10.3. The number of unbranched alkanes of at least 4 members (excludes halogenated alkanes) is 1. The smallest absolute Gasteiger partial charge is 0.508 e. The minimum absolute atomic E-state index is 0.273. The summed E-state index contributed by atoms with van der Waals surface area (Å²) in [6.45, 7) is 2.76. The van der Waals surface area contributed by atoms with Gasteiger partial charge in [0.05, 0.1) is 6.61 Å².